The fourth-order valence-corrected chi connectivity index (χ4v) is 5.71. The first-order valence-corrected chi connectivity index (χ1v) is 14.2. The van der Waals surface area contributed by atoms with Gasteiger partial charge in [-0.15, -0.1) is 0 Å². The van der Waals surface area contributed by atoms with Crippen LogP contribution in [-0.2, 0) is 20.9 Å². The first kappa shape index (κ1) is 31.5. The minimum Gasteiger partial charge on any atom is -0.493 e. The van der Waals surface area contributed by atoms with Gasteiger partial charge in [0.15, 0.2) is 11.5 Å². The molecule has 0 fully saturated rings. The van der Waals surface area contributed by atoms with Crippen LogP contribution in [0, 0.1) is 0 Å². The van der Waals surface area contributed by atoms with E-state index < -0.39 is 30.1 Å². The number of amides is 2. The molecule has 2 aliphatic rings. The maximum atomic E-state index is 13.7. The molecule has 4 atom stereocenters. The maximum absolute atomic E-state index is 13.7. The number of Topliss-reactive ketones (excluding diaryl/α,β-unsaturated/α-hetero) is 1. The molecule has 1 aliphatic carbocycles. The molecule has 2 aromatic carbocycles. The van der Waals surface area contributed by atoms with E-state index >= 15 is 0 Å². The number of hydrogen-bond donors (Lipinski definition) is 3. The van der Waals surface area contributed by atoms with Crippen molar-refractivity contribution in [2.75, 3.05) is 20.3 Å². The Balaban J connectivity index is 1.80. The number of hydrogen-bond acceptors (Lipinski definition) is 8. The van der Waals surface area contributed by atoms with Gasteiger partial charge in [-0.2, -0.15) is 0 Å². The van der Waals surface area contributed by atoms with Crippen LogP contribution in [-0.4, -0.2) is 77.5 Å². The molecule has 42 heavy (non-hydrogen) atoms. The van der Waals surface area contributed by atoms with E-state index in [1.807, 2.05) is 0 Å². The van der Waals surface area contributed by atoms with Crippen molar-refractivity contribution >= 4 is 47.1 Å². The molecule has 4 rings (SSSR count). The van der Waals surface area contributed by atoms with E-state index in [1.165, 1.54) is 31.1 Å². The standard InChI is InChI=1S/C30H32Cl2N2O8/c1-16(37)4-3-5-25(38)34(14-17-6-7-21(31)22(32)11-17)23-13-20(30(40)33-8-9-35)26-19-10-18(15-36)12-24(41-2)28(19)42-29(26)27(23)39/h6-7,10-13,15,23,26-27,29,35,39H,3-5,8-9,14H2,1-2H3,(H,33,40)/t23-,26+,27+,29+/m1/s1. The second kappa shape index (κ2) is 13.7. The van der Waals surface area contributed by atoms with Gasteiger partial charge in [0.25, 0.3) is 0 Å². The third-order valence-electron chi connectivity index (χ3n) is 7.35. The van der Waals surface area contributed by atoms with Gasteiger partial charge in [-0.3, -0.25) is 14.4 Å². The predicted octanol–water partition coefficient (Wildman–Crippen LogP) is 3.23. The number of rotatable bonds is 12. The van der Waals surface area contributed by atoms with E-state index in [2.05, 4.69) is 5.32 Å². The van der Waals surface area contributed by atoms with E-state index in [1.54, 1.807) is 24.3 Å². The number of halogens is 2. The van der Waals surface area contributed by atoms with Crippen LogP contribution in [0.4, 0.5) is 0 Å². The van der Waals surface area contributed by atoms with Gasteiger partial charge in [0.1, 0.15) is 24.3 Å². The summed E-state index contributed by atoms with van der Waals surface area (Å²) in [5, 5.41) is 24.3. The van der Waals surface area contributed by atoms with E-state index in [0.29, 0.717) is 34.4 Å². The van der Waals surface area contributed by atoms with Gasteiger partial charge in [-0.25, -0.2) is 0 Å². The highest BCUT2D eigenvalue weighted by Crippen LogP contribution is 2.51. The lowest BCUT2D eigenvalue weighted by Gasteiger charge is -2.41. The lowest BCUT2D eigenvalue weighted by atomic mass is 9.77. The van der Waals surface area contributed by atoms with Gasteiger partial charge in [-0.05, 0) is 49.2 Å². The van der Waals surface area contributed by atoms with E-state index in [-0.39, 0.29) is 66.3 Å². The van der Waals surface area contributed by atoms with Crippen molar-refractivity contribution in [3.05, 3.63) is 68.7 Å². The van der Waals surface area contributed by atoms with Crippen LogP contribution in [0.3, 0.4) is 0 Å². The van der Waals surface area contributed by atoms with Crippen molar-refractivity contribution in [2.24, 2.45) is 0 Å². The largest absolute Gasteiger partial charge is 0.493 e. The Morgan fingerprint density at radius 2 is 1.90 bits per heavy atom. The third-order valence-corrected chi connectivity index (χ3v) is 8.09. The summed E-state index contributed by atoms with van der Waals surface area (Å²) < 4.78 is 11.6. The average molecular weight is 619 g/mol. The maximum Gasteiger partial charge on any atom is 0.247 e. The molecule has 0 aromatic heterocycles. The number of aliphatic hydroxyl groups is 2. The van der Waals surface area contributed by atoms with Gasteiger partial charge in [0.2, 0.25) is 11.8 Å². The summed E-state index contributed by atoms with van der Waals surface area (Å²) in [6, 6.07) is 6.97. The number of ketones is 1. The van der Waals surface area contributed by atoms with Crippen LogP contribution < -0.4 is 14.8 Å². The molecule has 0 radical (unpaired) electrons. The van der Waals surface area contributed by atoms with Crippen molar-refractivity contribution < 1.29 is 38.9 Å². The molecule has 12 heteroatoms. The van der Waals surface area contributed by atoms with Crippen molar-refractivity contribution in [3.63, 3.8) is 0 Å². The number of benzene rings is 2. The summed E-state index contributed by atoms with van der Waals surface area (Å²) in [7, 11) is 1.41. The number of aldehydes is 1. The van der Waals surface area contributed by atoms with Gasteiger partial charge < -0.3 is 34.7 Å². The van der Waals surface area contributed by atoms with Crippen LogP contribution in [0.5, 0.6) is 11.5 Å². The number of carbonyl (C=O) groups excluding carboxylic acids is 4. The van der Waals surface area contributed by atoms with Gasteiger partial charge in [0.05, 0.1) is 35.7 Å². The Kier molecular flexibility index (Phi) is 10.3. The number of aliphatic hydroxyl groups excluding tert-OH is 2. The zero-order valence-corrected chi connectivity index (χ0v) is 24.7. The summed E-state index contributed by atoms with van der Waals surface area (Å²) in [6.45, 7) is 1.14. The normalized spacial score (nSPS) is 20.5. The molecule has 1 heterocycles. The zero-order chi connectivity index (χ0) is 30.6. The number of fused-ring (bicyclic) bond motifs is 3. The molecule has 0 unspecified atom stereocenters. The van der Waals surface area contributed by atoms with Crippen LogP contribution in [0.25, 0.3) is 0 Å². The molecular weight excluding hydrogens is 587 g/mol. The highest BCUT2D eigenvalue weighted by atomic mass is 35.5. The fraction of sp³-hybridized carbons (Fsp3) is 0.400. The lowest BCUT2D eigenvalue weighted by molar-refractivity contribution is -0.138. The van der Waals surface area contributed by atoms with Crippen molar-refractivity contribution in [2.45, 2.75) is 56.9 Å². The van der Waals surface area contributed by atoms with E-state index in [0.717, 1.165) is 0 Å². The smallest absolute Gasteiger partial charge is 0.247 e. The molecular formula is C30H32Cl2N2O8. The highest BCUT2D eigenvalue weighted by Gasteiger charge is 2.51. The molecule has 1 aliphatic heterocycles. The Bertz CT molecular complexity index is 1410. The number of carbonyl (C=O) groups is 4. The molecule has 0 saturated carbocycles. The van der Waals surface area contributed by atoms with Crippen LogP contribution in [0.2, 0.25) is 10.0 Å². The number of nitrogens with zero attached hydrogens (tertiary/aromatic N) is 1. The SMILES string of the molecule is COc1cc(C=O)cc2c1O[C@@H]1[C@@H](O)[C@H](N(Cc3ccc(Cl)c(Cl)c3)C(=O)CCCC(C)=O)C=C(C(=O)NCCO)[C@H]21. The van der Waals surface area contributed by atoms with E-state index in [9.17, 15) is 29.4 Å². The molecule has 2 amide bonds. The summed E-state index contributed by atoms with van der Waals surface area (Å²) in [5.74, 6) is -1.19. The Labute approximate surface area is 253 Å². The minimum absolute atomic E-state index is 0.0164. The minimum atomic E-state index is -1.30. The molecule has 10 nitrogen and oxygen atoms in total. The van der Waals surface area contributed by atoms with Gasteiger partial charge in [-0.1, -0.05) is 29.3 Å². The summed E-state index contributed by atoms with van der Waals surface area (Å²) in [6.07, 6.45) is 0.399. The topological polar surface area (TPSA) is 142 Å². The summed E-state index contributed by atoms with van der Waals surface area (Å²) >= 11 is 12.3. The Hall–Kier alpha value is -3.44. The second-order valence-electron chi connectivity index (χ2n) is 10.2. The number of nitrogens with one attached hydrogen (secondary N) is 1. The van der Waals surface area contributed by atoms with Crippen molar-refractivity contribution in [1.29, 1.82) is 0 Å². The Morgan fingerprint density at radius 3 is 2.55 bits per heavy atom. The number of ether oxygens (including phenoxy) is 2. The average Bonchev–Trinajstić information content (AvgIpc) is 3.36. The van der Waals surface area contributed by atoms with Crippen molar-refractivity contribution in [3.8, 4) is 11.5 Å². The van der Waals surface area contributed by atoms with E-state index in [4.69, 9.17) is 32.7 Å². The molecule has 3 N–H and O–H groups in total. The van der Waals surface area contributed by atoms with Gasteiger partial charge >= 0.3 is 0 Å². The summed E-state index contributed by atoms with van der Waals surface area (Å²) in [4.78, 5) is 51.7. The predicted molar refractivity (Wildman–Crippen MR) is 155 cm³/mol. The zero-order valence-electron chi connectivity index (χ0n) is 23.1. The Morgan fingerprint density at radius 1 is 1.14 bits per heavy atom. The fourth-order valence-electron chi connectivity index (χ4n) is 5.39. The lowest BCUT2D eigenvalue weighted by Crippen LogP contribution is -2.55. The van der Waals surface area contributed by atoms with Crippen LogP contribution in [0.1, 0.15) is 53.6 Å². The molecule has 2 aromatic rings. The molecule has 0 bridgehead atoms. The van der Waals surface area contributed by atoms with Crippen molar-refractivity contribution in [1.82, 2.24) is 10.2 Å². The van der Waals surface area contributed by atoms with Crippen LogP contribution in [0.15, 0.2) is 42.0 Å². The first-order chi connectivity index (χ1) is 20.1. The first-order valence-electron chi connectivity index (χ1n) is 13.4. The van der Waals surface area contributed by atoms with Gasteiger partial charge in [0, 0.05) is 42.6 Å². The highest BCUT2D eigenvalue weighted by molar-refractivity contribution is 6.42. The summed E-state index contributed by atoms with van der Waals surface area (Å²) in [5.41, 5.74) is 1.60. The third kappa shape index (κ3) is 6.62. The van der Waals surface area contributed by atoms with Crippen LogP contribution >= 0.6 is 23.2 Å². The second-order valence-corrected chi connectivity index (χ2v) is 11.0. The quantitative estimate of drug-likeness (QED) is 0.308. The number of methoxy groups -OCH3 is 1. The molecule has 224 valence electrons. The molecule has 0 saturated heterocycles. The molecule has 0 spiro atoms. The monoisotopic (exact) mass is 618 g/mol.